The number of aliphatic carboxylic acids is 1. The standard InChI is InChI=1S/C9H11IN2O3/c10-12(11)8(9(14)15)5-6-1-3-7(13)4-2-6/h1-4,8,13H,5,11H2,(H,14,15)/t8-/m0/s1/i10+4. The number of phenols is 1. The normalized spacial score (nSPS) is 12.7. The van der Waals surface area contributed by atoms with Crippen LogP contribution < -0.4 is 5.84 Å². The van der Waals surface area contributed by atoms with Gasteiger partial charge in [0.25, 0.3) is 0 Å². The Balaban J connectivity index is 2.74. The summed E-state index contributed by atoms with van der Waals surface area (Å²) in [6.45, 7) is 0. The van der Waals surface area contributed by atoms with E-state index in [1.165, 1.54) is 12.1 Å². The van der Waals surface area contributed by atoms with Gasteiger partial charge in [0, 0.05) is 29.3 Å². The summed E-state index contributed by atoms with van der Waals surface area (Å²) in [5, 5.41) is 17.9. The van der Waals surface area contributed by atoms with Gasteiger partial charge in [-0.25, -0.2) is 0 Å². The molecule has 6 heteroatoms. The van der Waals surface area contributed by atoms with Crippen molar-refractivity contribution in [3.8, 4) is 5.75 Å². The first-order chi connectivity index (χ1) is 7.00. The number of benzene rings is 1. The van der Waals surface area contributed by atoms with Crippen LogP contribution in [0.1, 0.15) is 5.56 Å². The summed E-state index contributed by atoms with van der Waals surface area (Å²) in [5.74, 6) is 4.59. The maximum atomic E-state index is 10.8. The van der Waals surface area contributed by atoms with E-state index in [0.717, 1.165) is 8.79 Å². The van der Waals surface area contributed by atoms with Gasteiger partial charge in [-0.05, 0) is 17.7 Å². The largest absolute Gasteiger partial charge is 0.508 e. The molecule has 0 aliphatic carbocycles. The zero-order valence-electron chi connectivity index (χ0n) is 7.80. The molecule has 4 N–H and O–H groups in total. The SMILES string of the molecule is NN([131I])[C@@H](Cc1ccc(O)cc1)C(=O)O. The lowest BCUT2D eigenvalue weighted by Gasteiger charge is -2.17. The maximum absolute atomic E-state index is 10.8. The Morgan fingerprint density at radius 3 is 2.40 bits per heavy atom. The van der Waals surface area contributed by atoms with Crippen LogP contribution in [0.2, 0.25) is 0 Å². The van der Waals surface area contributed by atoms with Gasteiger partial charge in [0.1, 0.15) is 11.8 Å². The predicted molar refractivity (Wildman–Crippen MR) is 63.3 cm³/mol. The number of carbonyl (C=O) groups is 1. The first kappa shape index (κ1) is 12.2. The Morgan fingerprint density at radius 2 is 2.00 bits per heavy atom. The van der Waals surface area contributed by atoms with Crippen LogP contribution in [0, 0.1) is 0 Å². The van der Waals surface area contributed by atoms with E-state index in [1.807, 2.05) is 0 Å². The molecule has 0 aliphatic rings. The zero-order valence-corrected chi connectivity index (χ0v) is 9.96. The van der Waals surface area contributed by atoms with Crippen molar-refractivity contribution in [3.63, 3.8) is 0 Å². The van der Waals surface area contributed by atoms with Gasteiger partial charge in [0.15, 0.2) is 0 Å². The molecule has 0 saturated heterocycles. The molecule has 0 unspecified atom stereocenters. The van der Waals surface area contributed by atoms with Crippen molar-refractivity contribution in [2.45, 2.75) is 12.5 Å². The third kappa shape index (κ3) is 3.65. The van der Waals surface area contributed by atoms with E-state index in [-0.39, 0.29) is 5.75 Å². The average molecular weight is 326 g/mol. The Morgan fingerprint density at radius 1 is 1.47 bits per heavy atom. The van der Waals surface area contributed by atoms with E-state index in [4.69, 9.17) is 16.1 Å². The molecule has 0 heterocycles. The second kappa shape index (κ2) is 5.29. The highest BCUT2D eigenvalue weighted by atomic mass is 131. The van der Waals surface area contributed by atoms with Crippen molar-refractivity contribution in [1.82, 2.24) is 3.22 Å². The second-order valence-corrected chi connectivity index (χ2v) is 4.18. The summed E-state index contributed by atoms with van der Waals surface area (Å²) in [4.78, 5) is 10.8. The second-order valence-electron chi connectivity index (χ2n) is 3.07. The molecular weight excluding hydrogens is 315 g/mol. The van der Waals surface area contributed by atoms with Gasteiger partial charge < -0.3 is 10.2 Å². The van der Waals surface area contributed by atoms with Gasteiger partial charge in [0.05, 0.1) is 0 Å². The Hall–Kier alpha value is -0.860. The molecule has 1 aromatic rings. The fourth-order valence-corrected chi connectivity index (χ4v) is 1.57. The van der Waals surface area contributed by atoms with Crippen LogP contribution in [0.3, 0.4) is 0 Å². The molecule has 0 radical (unpaired) electrons. The van der Waals surface area contributed by atoms with Crippen molar-refractivity contribution in [3.05, 3.63) is 29.8 Å². The van der Waals surface area contributed by atoms with Crippen LogP contribution in [0.25, 0.3) is 0 Å². The minimum Gasteiger partial charge on any atom is -0.508 e. The van der Waals surface area contributed by atoms with Gasteiger partial charge in [-0.15, -0.1) is 0 Å². The van der Waals surface area contributed by atoms with Gasteiger partial charge in [-0.2, -0.15) is 3.22 Å². The molecule has 1 aromatic carbocycles. The fourth-order valence-electron chi connectivity index (χ4n) is 1.14. The molecule has 1 atom stereocenters. The van der Waals surface area contributed by atoms with E-state index in [0.29, 0.717) is 6.42 Å². The number of carboxylic acids is 1. The van der Waals surface area contributed by atoms with Gasteiger partial charge in [0.2, 0.25) is 0 Å². The molecule has 1 rings (SSSR count). The summed E-state index contributed by atoms with van der Waals surface area (Å²) < 4.78 is 1.13. The monoisotopic (exact) mass is 326 g/mol. The Bertz CT molecular complexity index is 340. The number of hydrazine groups is 1. The Labute approximate surface area is 101 Å². The van der Waals surface area contributed by atoms with E-state index in [9.17, 15) is 4.79 Å². The van der Waals surface area contributed by atoms with Crippen molar-refractivity contribution >= 4 is 28.8 Å². The third-order valence-corrected chi connectivity index (χ3v) is 2.62. The van der Waals surface area contributed by atoms with Crippen molar-refractivity contribution in [1.29, 1.82) is 0 Å². The molecule has 0 saturated carbocycles. The highest BCUT2D eigenvalue weighted by Gasteiger charge is 2.21. The molecule has 0 aromatic heterocycles. The Kier molecular flexibility index (Phi) is 4.30. The number of nitrogens with two attached hydrogens (primary N) is 1. The lowest BCUT2D eigenvalue weighted by molar-refractivity contribution is -0.140. The van der Waals surface area contributed by atoms with E-state index >= 15 is 0 Å². The zero-order chi connectivity index (χ0) is 11.4. The molecule has 0 spiro atoms. The highest BCUT2D eigenvalue weighted by molar-refractivity contribution is 14.1. The smallest absolute Gasteiger partial charge is 0.323 e. The minimum atomic E-state index is -0.972. The van der Waals surface area contributed by atoms with Crippen LogP contribution in [0.15, 0.2) is 24.3 Å². The summed E-state index contributed by atoms with van der Waals surface area (Å²) in [7, 11) is 0. The number of aromatic hydroxyl groups is 1. The topological polar surface area (TPSA) is 86.8 Å². The minimum absolute atomic E-state index is 0.157. The summed E-state index contributed by atoms with van der Waals surface area (Å²) in [6.07, 6.45) is 0.301. The number of phenolic OH excluding ortho intramolecular Hbond substituents is 1. The molecule has 0 bridgehead atoms. The number of hydrogen-bond donors (Lipinski definition) is 3. The molecular formula is C9H11IN2O3. The van der Waals surface area contributed by atoms with Gasteiger partial charge in [-0.3, -0.25) is 10.6 Å². The maximum Gasteiger partial charge on any atom is 0.323 e. The van der Waals surface area contributed by atoms with E-state index in [1.54, 1.807) is 35.0 Å². The quantitative estimate of drug-likeness (QED) is 0.331. The molecule has 5 nitrogen and oxygen atoms in total. The van der Waals surface area contributed by atoms with Crippen LogP contribution in [0.5, 0.6) is 5.75 Å². The number of hydrogen-bond acceptors (Lipinski definition) is 4. The van der Waals surface area contributed by atoms with Crippen LogP contribution >= 0.6 is 22.9 Å². The summed E-state index contributed by atoms with van der Waals surface area (Å²) >= 11 is 1.73. The molecule has 0 fully saturated rings. The summed E-state index contributed by atoms with van der Waals surface area (Å²) in [6, 6.07) is 5.61. The lowest BCUT2D eigenvalue weighted by atomic mass is 10.1. The van der Waals surface area contributed by atoms with Gasteiger partial charge >= 0.3 is 5.97 Å². The number of halogens is 1. The van der Waals surface area contributed by atoms with Gasteiger partial charge in [-0.1, -0.05) is 12.1 Å². The van der Waals surface area contributed by atoms with Crippen molar-refractivity contribution in [2.24, 2.45) is 5.84 Å². The molecule has 0 aliphatic heterocycles. The van der Waals surface area contributed by atoms with Crippen molar-refractivity contribution < 1.29 is 15.0 Å². The molecule has 82 valence electrons. The highest BCUT2D eigenvalue weighted by Crippen LogP contribution is 2.14. The lowest BCUT2D eigenvalue weighted by Crippen LogP contribution is -2.40. The van der Waals surface area contributed by atoms with E-state index in [2.05, 4.69) is 0 Å². The predicted octanol–water partition coefficient (Wildman–Crippen LogP) is 0.914. The first-order valence-electron chi connectivity index (χ1n) is 4.21. The number of carboxylic acid groups (broad SMARTS) is 1. The van der Waals surface area contributed by atoms with Crippen LogP contribution in [-0.4, -0.2) is 25.4 Å². The number of rotatable bonds is 4. The molecule has 0 amide bonds. The average Bonchev–Trinajstić information content (AvgIpc) is 2.15. The summed E-state index contributed by atoms with van der Waals surface area (Å²) in [5.41, 5.74) is 0.812. The van der Waals surface area contributed by atoms with Crippen molar-refractivity contribution in [2.75, 3.05) is 0 Å². The van der Waals surface area contributed by atoms with Crippen LogP contribution in [0.4, 0.5) is 0 Å². The van der Waals surface area contributed by atoms with Crippen LogP contribution in [-0.2, 0) is 11.2 Å². The number of nitrogens with zero attached hydrogens (tertiary/aromatic N) is 1. The van der Waals surface area contributed by atoms with E-state index < -0.39 is 12.0 Å². The molecule has 15 heavy (non-hydrogen) atoms. The first-order valence-corrected chi connectivity index (χ1v) is 5.17. The third-order valence-electron chi connectivity index (χ3n) is 1.95. The fraction of sp³-hybridized carbons (Fsp3) is 0.222.